The van der Waals surface area contributed by atoms with Gasteiger partial charge in [-0.15, -0.1) is 0 Å². The predicted octanol–water partition coefficient (Wildman–Crippen LogP) is 2.55. The van der Waals surface area contributed by atoms with Crippen molar-refractivity contribution in [3.8, 4) is 5.75 Å². The average Bonchev–Trinajstić information content (AvgIpc) is 2.36. The largest absolute Gasteiger partial charge is 0.496 e. The Morgan fingerprint density at radius 2 is 1.76 bits per heavy atom. The molecule has 0 unspecified atom stereocenters. The molecule has 0 fully saturated rings. The zero-order chi connectivity index (χ0) is 12.4. The highest BCUT2D eigenvalue weighted by molar-refractivity contribution is 6.09. The molecule has 0 aliphatic carbocycles. The molecular formula is C14H15NO2. The Kier molecular flexibility index (Phi) is 3.00. The number of rotatable bonds is 2. The summed E-state index contributed by atoms with van der Waals surface area (Å²) >= 11 is 0. The maximum absolute atomic E-state index is 12.1. The maximum Gasteiger partial charge on any atom is 0.254 e. The van der Waals surface area contributed by atoms with Gasteiger partial charge in [0.25, 0.3) is 5.91 Å². The number of ether oxygens (including phenoxy) is 1. The fourth-order valence-electron chi connectivity index (χ4n) is 1.90. The van der Waals surface area contributed by atoms with E-state index in [1.54, 1.807) is 26.1 Å². The third-order valence-corrected chi connectivity index (χ3v) is 2.72. The highest BCUT2D eigenvalue weighted by atomic mass is 16.5. The molecule has 0 aliphatic heterocycles. The molecule has 0 heterocycles. The van der Waals surface area contributed by atoms with E-state index in [0.717, 1.165) is 16.5 Å². The molecule has 17 heavy (non-hydrogen) atoms. The fourth-order valence-corrected chi connectivity index (χ4v) is 1.90. The van der Waals surface area contributed by atoms with Crippen LogP contribution in [0.4, 0.5) is 0 Å². The van der Waals surface area contributed by atoms with Crippen LogP contribution in [0.5, 0.6) is 5.75 Å². The molecule has 0 N–H and O–H groups in total. The molecule has 3 heteroatoms. The standard InChI is InChI=1S/C14H15NO2/c1-15(2)14(16)11-8-4-6-10-7-5-9-12(17-3)13(10)11/h4-9H,1-3H3. The molecule has 0 bridgehead atoms. The van der Waals surface area contributed by atoms with Crippen LogP contribution in [-0.4, -0.2) is 32.0 Å². The van der Waals surface area contributed by atoms with Gasteiger partial charge >= 0.3 is 0 Å². The highest BCUT2D eigenvalue weighted by Gasteiger charge is 2.14. The number of nitrogens with zero attached hydrogens (tertiary/aromatic N) is 1. The number of methoxy groups -OCH3 is 1. The Labute approximate surface area is 101 Å². The van der Waals surface area contributed by atoms with Gasteiger partial charge in [-0.1, -0.05) is 24.3 Å². The van der Waals surface area contributed by atoms with E-state index in [-0.39, 0.29) is 5.91 Å². The molecule has 2 aromatic carbocycles. The lowest BCUT2D eigenvalue weighted by atomic mass is 10.0. The number of benzene rings is 2. The summed E-state index contributed by atoms with van der Waals surface area (Å²) in [5.74, 6) is 0.716. The third kappa shape index (κ3) is 1.96. The summed E-state index contributed by atoms with van der Waals surface area (Å²) in [6, 6.07) is 11.5. The summed E-state index contributed by atoms with van der Waals surface area (Å²) in [6.45, 7) is 0. The summed E-state index contributed by atoms with van der Waals surface area (Å²) in [4.78, 5) is 13.7. The highest BCUT2D eigenvalue weighted by Crippen LogP contribution is 2.29. The molecular weight excluding hydrogens is 214 g/mol. The number of hydrogen-bond acceptors (Lipinski definition) is 2. The second-order valence-electron chi connectivity index (χ2n) is 4.06. The molecule has 0 saturated carbocycles. The topological polar surface area (TPSA) is 29.5 Å². The van der Waals surface area contributed by atoms with Crippen molar-refractivity contribution in [3.05, 3.63) is 42.0 Å². The van der Waals surface area contributed by atoms with Crippen LogP contribution in [0, 0.1) is 0 Å². The van der Waals surface area contributed by atoms with Gasteiger partial charge < -0.3 is 9.64 Å². The molecule has 0 spiro atoms. The Bertz CT molecular complexity index is 556. The van der Waals surface area contributed by atoms with Gasteiger partial charge in [0.05, 0.1) is 12.7 Å². The van der Waals surface area contributed by atoms with Gasteiger partial charge in [-0.2, -0.15) is 0 Å². The van der Waals surface area contributed by atoms with Crippen LogP contribution in [0.3, 0.4) is 0 Å². The lowest BCUT2D eigenvalue weighted by Crippen LogP contribution is -2.21. The summed E-state index contributed by atoms with van der Waals surface area (Å²) in [5, 5.41) is 1.88. The number of hydrogen-bond donors (Lipinski definition) is 0. The van der Waals surface area contributed by atoms with Crippen molar-refractivity contribution in [2.75, 3.05) is 21.2 Å². The van der Waals surface area contributed by atoms with E-state index >= 15 is 0 Å². The van der Waals surface area contributed by atoms with Crippen molar-refractivity contribution in [2.24, 2.45) is 0 Å². The van der Waals surface area contributed by atoms with Gasteiger partial charge in [0.2, 0.25) is 0 Å². The lowest BCUT2D eigenvalue weighted by Gasteiger charge is -2.14. The Morgan fingerprint density at radius 1 is 1.12 bits per heavy atom. The van der Waals surface area contributed by atoms with Gasteiger partial charge in [0, 0.05) is 19.5 Å². The van der Waals surface area contributed by atoms with Crippen molar-refractivity contribution in [1.82, 2.24) is 4.90 Å². The quantitative estimate of drug-likeness (QED) is 0.792. The van der Waals surface area contributed by atoms with Crippen molar-refractivity contribution in [1.29, 1.82) is 0 Å². The van der Waals surface area contributed by atoms with Crippen molar-refractivity contribution in [3.63, 3.8) is 0 Å². The summed E-state index contributed by atoms with van der Waals surface area (Å²) in [7, 11) is 5.11. The van der Waals surface area contributed by atoms with Crippen LogP contribution in [-0.2, 0) is 0 Å². The first-order valence-corrected chi connectivity index (χ1v) is 5.42. The molecule has 0 radical (unpaired) electrons. The number of carbonyl (C=O) groups is 1. The van der Waals surface area contributed by atoms with Crippen molar-refractivity contribution in [2.45, 2.75) is 0 Å². The van der Waals surface area contributed by atoms with Crippen molar-refractivity contribution >= 4 is 16.7 Å². The van der Waals surface area contributed by atoms with Gasteiger partial charge in [0.1, 0.15) is 5.75 Å². The molecule has 0 aliphatic rings. The maximum atomic E-state index is 12.1. The average molecular weight is 229 g/mol. The summed E-state index contributed by atoms with van der Waals surface area (Å²) < 4.78 is 5.33. The molecule has 2 rings (SSSR count). The van der Waals surface area contributed by atoms with Crippen molar-refractivity contribution < 1.29 is 9.53 Å². The lowest BCUT2D eigenvalue weighted by molar-refractivity contribution is 0.0829. The van der Waals surface area contributed by atoms with E-state index in [0.29, 0.717) is 5.56 Å². The minimum Gasteiger partial charge on any atom is -0.496 e. The van der Waals surface area contributed by atoms with Gasteiger partial charge in [-0.3, -0.25) is 4.79 Å². The second kappa shape index (κ2) is 4.45. The monoisotopic (exact) mass is 229 g/mol. The van der Waals surface area contributed by atoms with Crippen LogP contribution < -0.4 is 4.74 Å². The van der Waals surface area contributed by atoms with E-state index in [2.05, 4.69) is 0 Å². The zero-order valence-corrected chi connectivity index (χ0v) is 10.2. The van der Waals surface area contributed by atoms with Crippen LogP contribution in [0.1, 0.15) is 10.4 Å². The van der Waals surface area contributed by atoms with Crippen LogP contribution in [0.2, 0.25) is 0 Å². The molecule has 0 saturated heterocycles. The summed E-state index contributed by atoms with van der Waals surface area (Å²) in [6.07, 6.45) is 0. The molecule has 1 amide bonds. The normalized spacial score (nSPS) is 10.3. The van der Waals surface area contributed by atoms with Gasteiger partial charge in [-0.05, 0) is 17.5 Å². The Hall–Kier alpha value is -2.03. The minimum atomic E-state index is -0.0138. The van der Waals surface area contributed by atoms with E-state index < -0.39 is 0 Å². The van der Waals surface area contributed by atoms with E-state index in [1.165, 1.54) is 0 Å². The van der Waals surface area contributed by atoms with Gasteiger partial charge in [-0.25, -0.2) is 0 Å². The second-order valence-corrected chi connectivity index (χ2v) is 4.06. The first-order chi connectivity index (χ1) is 8.15. The smallest absolute Gasteiger partial charge is 0.254 e. The Balaban J connectivity index is 2.75. The van der Waals surface area contributed by atoms with E-state index in [9.17, 15) is 4.79 Å². The Morgan fingerprint density at radius 3 is 2.35 bits per heavy atom. The zero-order valence-electron chi connectivity index (χ0n) is 10.2. The number of carbonyl (C=O) groups excluding carboxylic acids is 1. The van der Waals surface area contributed by atoms with Gasteiger partial charge in [0.15, 0.2) is 0 Å². The van der Waals surface area contributed by atoms with E-state index in [4.69, 9.17) is 4.74 Å². The molecule has 0 aromatic heterocycles. The SMILES string of the molecule is COc1cccc2cccc(C(=O)N(C)C)c12. The van der Waals surface area contributed by atoms with Crippen LogP contribution in [0.25, 0.3) is 10.8 Å². The first kappa shape index (κ1) is 11.5. The number of fused-ring (bicyclic) bond motifs is 1. The first-order valence-electron chi connectivity index (χ1n) is 5.42. The van der Waals surface area contributed by atoms with Crippen LogP contribution >= 0.6 is 0 Å². The van der Waals surface area contributed by atoms with Crippen LogP contribution in [0.15, 0.2) is 36.4 Å². The fraction of sp³-hybridized carbons (Fsp3) is 0.214. The molecule has 2 aromatic rings. The summed E-state index contributed by atoms with van der Waals surface area (Å²) in [5.41, 5.74) is 0.671. The molecule has 3 nitrogen and oxygen atoms in total. The predicted molar refractivity (Wildman–Crippen MR) is 68.5 cm³/mol. The minimum absolute atomic E-state index is 0.0138. The number of amides is 1. The van der Waals surface area contributed by atoms with E-state index in [1.807, 2.05) is 36.4 Å². The molecule has 0 atom stereocenters. The molecule has 88 valence electrons. The third-order valence-electron chi connectivity index (χ3n) is 2.72.